The fourth-order valence-corrected chi connectivity index (χ4v) is 3.22. The quantitative estimate of drug-likeness (QED) is 0.311. The van der Waals surface area contributed by atoms with Gasteiger partial charge in [-0.15, -0.1) is 0 Å². The minimum atomic E-state index is 0.215. The molecule has 2 rings (SSSR count). The Labute approximate surface area is 163 Å². The van der Waals surface area contributed by atoms with Gasteiger partial charge in [0.2, 0.25) is 0 Å². The predicted octanol–water partition coefficient (Wildman–Crippen LogP) is 2.41. The normalized spacial score (nSPS) is 16.6. The van der Waals surface area contributed by atoms with Crippen LogP contribution in [0.4, 0.5) is 0 Å². The summed E-state index contributed by atoms with van der Waals surface area (Å²) in [6, 6.07) is 4.23. The maximum Gasteiger partial charge on any atom is 0.191 e. The van der Waals surface area contributed by atoms with Crippen molar-refractivity contribution in [1.82, 2.24) is 15.5 Å². The second-order valence-corrected chi connectivity index (χ2v) is 6.73. The lowest BCUT2D eigenvalue weighted by atomic mass is 10.2. The van der Waals surface area contributed by atoms with E-state index in [1.165, 1.54) is 12.8 Å². The van der Waals surface area contributed by atoms with E-state index < -0.39 is 0 Å². The van der Waals surface area contributed by atoms with E-state index >= 15 is 0 Å². The van der Waals surface area contributed by atoms with Gasteiger partial charge in [0, 0.05) is 26.8 Å². The van der Waals surface area contributed by atoms with Gasteiger partial charge in [0.05, 0.1) is 32.1 Å². The van der Waals surface area contributed by atoms with Crippen molar-refractivity contribution in [2.75, 3.05) is 59.7 Å². The molecule has 1 fully saturated rings. The van der Waals surface area contributed by atoms with E-state index in [1.54, 1.807) is 13.4 Å². The van der Waals surface area contributed by atoms with Gasteiger partial charge in [0.25, 0.3) is 0 Å². The third-order valence-corrected chi connectivity index (χ3v) is 4.66. The fraction of sp³-hybridized carbons (Fsp3) is 0.750. The fourth-order valence-electron chi connectivity index (χ4n) is 3.22. The molecule has 154 valence electrons. The summed E-state index contributed by atoms with van der Waals surface area (Å²) in [4.78, 5) is 7.29. The molecule has 0 amide bonds. The van der Waals surface area contributed by atoms with Gasteiger partial charge in [-0.3, -0.25) is 9.89 Å². The average molecular weight is 381 g/mol. The Morgan fingerprint density at radius 1 is 1.22 bits per heavy atom. The number of aliphatic imine (C=N–C) groups is 1. The minimum absolute atomic E-state index is 0.215. The lowest BCUT2D eigenvalue weighted by molar-refractivity contribution is 0.0689. The summed E-state index contributed by atoms with van der Waals surface area (Å²) < 4.78 is 16.1. The first-order chi connectivity index (χ1) is 13.3. The zero-order valence-electron chi connectivity index (χ0n) is 16.9. The molecular formula is C20H36N4O3. The molecule has 27 heavy (non-hydrogen) atoms. The molecule has 0 spiro atoms. The molecule has 0 bridgehead atoms. The highest BCUT2D eigenvalue weighted by Gasteiger charge is 2.25. The first-order valence-electron chi connectivity index (χ1n) is 10.2. The molecule has 0 aliphatic carbocycles. The van der Waals surface area contributed by atoms with Crippen LogP contribution in [0.5, 0.6) is 0 Å². The Bertz CT molecular complexity index is 501. The maximum absolute atomic E-state index is 5.68. The zero-order valence-corrected chi connectivity index (χ0v) is 16.9. The number of methoxy groups -OCH3 is 1. The predicted molar refractivity (Wildman–Crippen MR) is 108 cm³/mol. The molecule has 0 radical (unpaired) electrons. The van der Waals surface area contributed by atoms with E-state index in [-0.39, 0.29) is 6.04 Å². The van der Waals surface area contributed by atoms with E-state index in [4.69, 9.17) is 18.9 Å². The topological polar surface area (TPSA) is 71.3 Å². The van der Waals surface area contributed by atoms with Gasteiger partial charge >= 0.3 is 0 Å². The molecule has 1 saturated heterocycles. The highest BCUT2D eigenvalue weighted by Crippen LogP contribution is 2.25. The number of nitrogens with one attached hydrogen (secondary N) is 2. The smallest absolute Gasteiger partial charge is 0.191 e. The van der Waals surface area contributed by atoms with Crippen LogP contribution in [-0.4, -0.2) is 70.5 Å². The molecule has 0 saturated carbocycles. The van der Waals surface area contributed by atoms with Crippen LogP contribution in [0.15, 0.2) is 27.8 Å². The van der Waals surface area contributed by atoms with Crippen molar-refractivity contribution in [2.24, 2.45) is 4.99 Å². The van der Waals surface area contributed by atoms with E-state index in [0.29, 0.717) is 19.8 Å². The van der Waals surface area contributed by atoms with Crippen molar-refractivity contribution in [1.29, 1.82) is 0 Å². The second-order valence-electron chi connectivity index (χ2n) is 6.73. The van der Waals surface area contributed by atoms with Crippen LogP contribution in [-0.2, 0) is 9.47 Å². The van der Waals surface area contributed by atoms with E-state index in [1.807, 2.05) is 6.07 Å². The molecule has 2 N–H and O–H groups in total. The van der Waals surface area contributed by atoms with Crippen LogP contribution < -0.4 is 10.6 Å². The number of likely N-dealkylation sites (tertiary alicyclic amines) is 1. The lowest BCUT2D eigenvalue weighted by Crippen LogP contribution is -2.39. The molecule has 1 aromatic rings. The SMILES string of the molecule is CCNC(=NCC(c1ccco1)N1CCCC1)NCCCCOCCOC. The summed E-state index contributed by atoms with van der Waals surface area (Å²) in [5.74, 6) is 1.87. The van der Waals surface area contributed by atoms with Crippen molar-refractivity contribution >= 4 is 5.96 Å². The third kappa shape index (κ3) is 8.32. The molecule has 1 unspecified atom stereocenters. The Morgan fingerprint density at radius 3 is 2.78 bits per heavy atom. The standard InChI is InChI=1S/C20H36N4O3/c1-3-21-20(22-10-4-7-13-26-16-15-25-2)23-17-18(19-9-8-14-27-19)24-11-5-6-12-24/h8-9,14,18H,3-7,10-13,15-17H2,1-2H3,(H2,21,22,23). The zero-order chi connectivity index (χ0) is 19.2. The van der Waals surface area contributed by atoms with E-state index in [9.17, 15) is 0 Å². The average Bonchev–Trinajstić information content (AvgIpc) is 3.38. The van der Waals surface area contributed by atoms with Crippen LogP contribution >= 0.6 is 0 Å². The Kier molecular flexibility index (Phi) is 10.9. The Morgan fingerprint density at radius 2 is 2.07 bits per heavy atom. The molecule has 0 aromatic carbocycles. The number of furan rings is 1. The molecular weight excluding hydrogens is 344 g/mol. The summed E-state index contributed by atoms with van der Waals surface area (Å²) in [6.45, 7) is 8.85. The van der Waals surface area contributed by atoms with Crippen molar-refractivity contribution < 1.29 is 13.9 Å². The van der Waals surface area contributed by atoms with Gasteiger partial charge in [-0.25, -0.2) is 0 Å². The van der Waals surface area contributed by atoms with Crippen LogP contribution in [0, 0.1) is 0 Å². The molecule has 1 aliphatic rings. The van der Waals surface area contributed by atoms with Crippen LogP contribution in [0.1, 0.15) is 44.4 Å². The van der Waals surface area contributed by atoms with Crippen LogP contribution in [0.25, 0.3) is 0 Å². The van der Waals surface area contributed by atoms with Crippen molar-refractivity contribution in [3.05, 3.63) is 24.2 Å². The number of guanidine groups is 1. The Hall–Kier alpha value is -1.57. The van der Waals surface area contributed by atoms with Crippen LogP contribution in [0.2, 0.25) is 0 Å². The lowest BCUT2D eigenvalue weighted by Gasteiger charge is -2.24. The van der Waals surface area contributed by atoms with E-state index in [2.05, 4.69) is 28.5 Å². The van der Waals surface area contributed by atoms with E-state index in [0.717, 1.165) is 57.3 Å². The summed E-state index contributed by atoms with van der Waals surface area (Å²) >= 11 is 0. The number of unbranched alkanes of at least 4 members (excludes halogenated alkanes) is 1. The van der Waals surface area contributed by atoms with Crippen molar-refractivity contribution in [3.63, 3.8) is 0 Å². The maximum atomic E-state index is 5.68. The largest absolute Gasteiger partial charge is 0.468 e. The number of rotatable bonds is 13. The molecule has 7 heteroatoms. The second kappa shape index (κ2) is 13.6. The van der Waals surface area contributed by atoms with Crippen molar-refractivity contribution in [2.45, 2.75) is 38.6 Å². The highest BCUT2D eigenvalue weighted by molar-refractivity contribution is 5.79. The first kappa shape index (κ1) is 21.7. The summed E-state index contributed by atoms with van der Waals surface area (Å²) in [5, 5.41) is 6.76. The molecule has 1 aromatic heterocycles. The van der Waals surface area contributed by atoms with Gasteiger partial charge in [0.15, 0.2) is 5.96 Å². The number of hydrogen-bond acceptors (Lipinski definition) is 5. The van der Waals surface area contributed by atoms with Gasteiger partial charge in [0.1, 0.15) is 5.76 Å². The number of nitrogens with zero attached hydrogens (tertiary/aromatic N) is 2. The summed E-state index contributed by atoms with van der Waals surface area (Å²) in [5.41, 5.74) is 0. The third-order valence-electron chi connectivity index (χ3n) is 4.66. The van der Waals surface area contributed by atoms with Gasteiger partial charge in [-0.05, 0) is 57.8 Å². The molecule has 2 heterocycles. The van der Waals surface area contributed by atoms with Gasteiger partial charge in [-0.1, -0.05) is 0 Å². The molecule has 7 nitrogen and oxygen atoms in total. The summed E-state index contributed by atoms with van der Waals surface area (Å²) in [7, 11) is 1.69. The highest BCUT2D eigenvalue weighted by atomic mass is 16.5. The monoisotopic (exact) mass is 380 g/mol. The van der Waals surface area contributed by atoms with Gasteiger partial charge < -0.3 is 24.5 Å². The number of ether oxygens (including phenoxy) is 2. The minimum Gasteiger partial charge on any atom is -0.468 e. The summed E-state index contributed by atoms with van der Waals surface area (Å²) in [6.07, 6.45) is 6.34. The molecule has 1 atom stereocenters. The first-order valence-corrected chi connectivity index (χ1v) is 10.2. The van der Waals surface area contributed by atoms with Crippen LogP contribution in [0.3, 0.4) is 0 Å². The Balaban J connectivity index is 1.76. The van der Waals surface area contributed by atoms with Crippen molar-refractivity contribution in [3.8, 4) is 0 Å². The molecule has 1 aliphatic heterocycles. The van der Waals surface area contributed by atoms with Gasteiger partial charge in [-0.2, -0.15) is 0 Å². The number of hydrogen-bond donors (Lipinski definition) is 2.